The molecule has 8 nitrogen and oxygen atoms in total. The maximum Gasteiger partial charge on any atom is 0.220 e. The van der Waals surface area contributed by atoms with E-state index < -0.39 is 6.29 Å². The number of nitrogens with zero attached hydrogens (tertiary/aromatic N) is 1. The second-order valence-electron chi connectivity index (χ2n) is 13.0. The van der Waals surface area contributed by atoms with Gasteiger partial charge in [0.1, 0.15) is 0 Å². The summed E-state index contributed by atoms with van der Waals surface area (Å²) in [5.41, 5.74) is 6.18. The van der Waals surface area contributed by atoms with Crippen LogP contribution in [0.1, 0.15) is 93.4 Å². The molecule has 3 aromatic carbocycles. The fourth-order valence-electron chi connectivity index (χ4n) is 6.63. The molecular formula is C39H51N3O5. The Hall–Kier alpha value is -3.56. The van der Waals surface area contributed by atoms with Gasteiger partial charge in [0, 0.05) is 44.5 Å². The fraction of sp³-hybridized carbons (Fsp3) is 0.487. The number of carbonyl (C=O) groups excluding carboxylic acids is 2. The van der Waals surface area contributed by atoms with Crippen LogP contribution in [0.3, 0.4) is 0 Å². The summed E-state index contributed by atoms with van der Waals surface area (Å²) >= 11 is 0. The molecule has 2 aliphatic heterocycles. The lowest BCUT2D eigenvalue weighted by molar-refractivity contribution is -0.276. The van der Waals surface area contributed by atoms with Crippen LogP contribution in [0.4, 0.5) is 0 Å². The number of carbonyl (C=O) groups is 2. The average Bonchev–Trinajstić information content (AvgIpc) is 3.10. The van der Waals surface area contributed by atoms with Crippen LogP contribution in [-0.4, -0.2) is 54.1 Å². The minimum Gasteiger partial charge on any atom is -0.392 e. The third kappa shape index (κ3) is 9.97. The molecule has 2 aliphatic rings. The van der Waals surface area contributed by atoms with Gasteiger partial charge in [-0.1, -0.05) is 92.6 Å². The molecule has 3 N–H and O–H groups in total. The van der Waals surface area contributed by atoms with E-state index in [0.717, 1.165) is 72.3 Å². The van der Waals surface area contributed by atoms with Crippen LogP contribution in [0.5, 0.6) is 0 Å². The van der Waals surface area contributed by atoms with Crippen molar-refractivity contribution in [3.05, 3.63) is 95.1 Å². The number of rotatable bonds is 14. The van der Waals surface area contributed by atoms with Crippen molar-refractivity contribution >= 4 is 11.8 Å². The Kier molecular flexibility index (Phi) is 13.0. The van der Waals surface area contributed by atoms with Crippen LogP contribution in [-0.2, 0) is 32.2 Å². The molecule has 0 spiro atoms. The highest BCUT2D eigenvalue weighted by atomic mass is 16.7. The predicted molar refractivity (Wildman–Crippen MR) is 184 cm³/mol. The molecule has 4 atom stereocenters. The van der Waals surface area contributed by atoms with E-state index in [0.29, 0.717) is 19.5 Å². The van der Waals surface area contributed by atoms with E-state index in [1.54, 1.807) is 0 Å². The lowest BCUT2D eigenvalue weighted by atomic mass is 9.89. The number of likely N-dealkylation sites (tertiary alicyclic amines) is 1. The van der Waals surface area contributed by atoms with Crippen molar-refractivity contribution in [2.24, 2.45) is 5.92 Å². The molecule has 0 radical (unpaired) electrons. The Morgan fingerprint density at radius 2 is 1.57 bits per heavy atom. The van der Waals surface area contributed by atoms with Crippen molar-refractivity contribution in [1.82, 2.24) is 15.5 Å². The van der Waals surface area contributed by atoms with Crippen molar-refractivity contribution in [3.63, 3.8) is 0 Å². The Labute approximate surface area is 279 Å². The largest absolute Gasteiger partial charge is 0.392 e. The van der Waals surface area contributed by atoms with Gasteiger partial charge >= 0.3 is 0 Å². The van der Waals surface area contributed by atoms with Gasteiger partial charge in [-0.2, -0.15) is 0 Å². The standard InChI is InChI=1S/C39H51N3O5/c1-28-36(26-42-23-9-4-10-24-42)46-39(47-38(28)32-16-14-30(27-43)15-17-32)33-20-18-31(19-21-33)35-12-7-6-11-34(35)25-41-37(45)13-5-3-8-22-40-29(2)44/h6-7,11-12,14-21,28,36,38-39,43H,3-5,8-10,13,22-27H2,1-2H3,(H,40,44)(H,41,45)/t28-,36+,38+,39+/m1/s1. The highest BCUT2D eigenvalue weighted by Crippen LogP contribution is 2.42. The van der Waals surface area contributed by atoms with Crippen LogP contribution in [0, 0.1) is 5.92 Å². The maximum absolute atomic E-state index is 12.5. The molecule has 5 rings (SSSR count). The summed E-state index contributed by atoms with van der Waals surface area (Å²) in [5, 5.41) is 15.4. The molecule has 0 aromatic heterocycles. The Morgan fingerprint density at radius 1 is 0.851 bits per heavy atom. The van der Waals surface area contributed by atoms with Gasteiger partial charge < -0.3 is 30.1 Å². The molecule has 0 bridgehead atoms. The van der Waals surface area contributed by atoms with Gasteiger partial charge in [-0.05, 0) is 66.6 Å². The third-order valence-corrected chi connectivity index (χ3v) is 9.45. The summed E-state index contributed by atoms with van der Waals surface area (Å²) in [4.78, 5) is 26.1. The molecular weight excluding hydrogens is 590 g/mol. The zero-order valence-corrected chi connectivity index (χ0v) is 28.0. The molecule has 47 heavy (non-hydrogen) atoms. The summed E-state index contributed by atoms with van der Waals surface area (Å²) in [6.45, 7) is 8.00. The number of aliphatic hydroxyl groups excluding tert-OH is 1. The number of benzene rings is 3. The number of ether oxygens (including phenoxy) is 2. The summed E-state index contributed by atoms with van der Waals surface area (Å²) < 4.78 is 13.4. The second-order valence-corrected chi connectivity index (χ2v) is 13.0. The molecule has 3 aromatic rings. The number of amides is 2. The monoisotopic (exact) mass is 641 g/mol. The summed E-state index contributed by atoms with van der Waals surface area (Å²) in [5.74, 6) is 0.182. The highest BCUT2D eigenvalue weighted by Gasteiger charge is 2.39. The second kappa shape index (κ2) is 17.6. The predicted octanol–water partition coefficient (Wildman–Crippen LogP) is 6.44. The normalized spacial score (nSPS) is 21.7. The molecule has 252 valence electrons. The summed E-state index contributed by atoms with van der Waals surface area (Å²) in [6.07, 6.45) is 6.22. The molecule has 2 amide bonds. The van der Waals surface area contributed by atoms with Crippen LogP contribution in [0.25, 0.3) is 11.1 Å². The van der Waals surface area contributed by atoms with Gasteiger partial charge in [0.2, 0.25) is 11.8 Å². The van der Waals surface area contributed by atoms with Crippen molar-refractivity contribution in [3.8, 4) is 11.1 Å². The summed E-state index contributed by atoms with van der Waals surface area (Å²) in [7, 11) is 0. The van der Waals surface area contributed by atoms with E-state index in [1.165, 1.54) is 26.2 Å². The Balaban J connectivity index is 1.24. The molecule has 2 fully saturated rings. The van der Waals surface area contributed by atoms with Gasteiger partial charge in [0.25, 0.3) is 0 Å². The minimum atomic E-state index is -0.495. The minimum absolute atomic E-state index is 0.0200. The zero-order chi connectivity index (χ0) is 33.0. The number of aliphatic hydroxyl groups is 1. The summed E-state index contributed by atoms with van der Waals surface area (Å²) in [6, 6.07) is 24.7. The molecule has 0 unspecified atom stereocenters. The van der Waals surface area contributed by atoms with Gasteiger partial charge in [-0.25, -0.2) is 0 Å². The smallest absolute Gasteiger partial charge is 0.220 e. The molecule has 0 saturated carbocycles. The van der Waals surface area contributed by atoms with Crippen LogP contribution in [0.2, 0.25) is 0 Å². The quantitative estimate of drug-likeness (QED) is 0.175. The SMILES string of the molecule is CC(=O)NCCCCCC(=O)NCc1ccccc1-c1ccc([C@H]2O[C@@H](CN3CCCCC3)[C@@H](C)[C@@H](c3ccc(CO)cc3)O2)cc1. The first kappa shape index (κ1) is 34.8. The van der Waals surface area contributed by atoms with Crippen LogP contribution >= 0.6 is 0 Å². The number of hydrogen-bond donors (Lipinski definition) is 3. The third-order valence-electron chi connectivity index (χ3n) is 9.45. The highest BCUT2D eigenvalue weighted by molar-refractivity contribution is 5.76. The van der Waals surface area contributed by atoms with E-state index in [2.05, 4.69) is 71.0 Å². The lowest BCUT2D eigenvalue weighted by Crippen LogP contribution is -2.45. The van der Waals surface area contributed by atoms with Gasteiger partial charge in [-0.15, -0.1) is 0 Å². The topological polar surface area (TPSA) is 100 Å². The van der Waals surface area contributed by atoms with Crippen LogP contribution < -0.4 is 10.6 Å². The molecule has 0 aliphatic carbocycles. The Bertz CT molecular complexity index is 1420. The molecule has 2 saturated heterocycles. The first-order chi connectivity index (χ1) is 22.9. The molecule has 2 heterocycles. The number of hydrogen-bond acceptors (Lipinski definition) is 6. The van der Waals surface area contributed by atoms with Gasteiger partial charge in [0.05, 0.1) is 18.8 Å². The van der Waals surface area contributed by atoms with E-state index in [-0.39, 0.29) is 36.5 Å². The average molecular weight is 642 g/mol. The number of piperidine rings is 1. The van der Waals surface area contributed by atoms with Crippen molar-refractivity contribution < 1.29 is 24.2 Å². The van der Waals surface area contributed by atoms with Crippen LogP contribution in [0.15, 0.2) is 72.8 Å². The zero-order valence-electron chi connectivity index (χ0n) is 28.0. The number of nitrogens with one attached hydrogen (secondary N) is 2. The van der Waals surface area contributed by atoms with E-state index in [4.69, 9.17) is 9.47 Å². The fourth-order valence-corrected chi connectivity index (χ4v) is 6.63. The first-order valence-corrected chi connectivity index (χ1v) is 17.3. The number of unbranched alkanes of at least 4 members (excludes halogenated alkanes) is 2. The molecule has 8 heteroatoms. The van der Waals surface area contributed by atoms with Crippen molar-refractivity contribution in [2.75, 3.05) is 26.2 Å². The van der Waals surface area contributed by atoms with Gasteiger partial charge in [-0.3, -0.25) is 9.59 Å². The van der Waals surface area contributed by atoms with E-state index in [1.807, 2.05) is 24.3 Å². The van der Waals surface area contributed by atoms with E-state index >= 15 is 0 Å². The van der Waals surface area contributed by atoms with E-state index in [9.17, 15) is 14.7 Å². The van der Waals surface area contributed by atoms with Crippen molar-refractivity contribution in [1.29, 1.82) is 0 Å². The van der Waals surface area contributed by atoms with Crippen molar-refractivity contribution in [2.45, 2.75) is 90.4 Å². The first-order valence-electron chi connectivity index (χ1n) is 17.3. The van der Waals surface area contributed by atoms with Gasteiger partial charge in [0.15, 0.2) is 6.29 Å². The Morgan fingerprint density at radius 3 is 2.30 bits per heavy atom. The maximum atomic E-state index is 12.5. The lowest BCUT2D eigenvalue weighted by Gasteiger charge is -2.43.